The van der Waals surface area contributed by atoms with Crippen LogP contribution in [0.5, 0.6) is 0 Å². The van der Waals surface area contributed by atoms with E-state index < -0.39 is 0 Å². The molecule has 0 saturated carbocycles. The van der Waals surface area contributed by atoms with Crippen LogP contribution < -0.4 is 5.73 Å². The summed E-state index contributed by atoms with van der Waals surface area (Å²) in [6, 6.07) is 7.96. The van der Waals surface area contributed by atoms with E-state index in [4.69, 9.17) is 17.3 Å². The Balaban J connectivity index is 2.41. The molecule has 78 valence electrons. The van der Waals surface area contributed by atoms with Gasteiger partial charge in [-0.25, -0.2) is 4.98 Å². The molecule has 2 N–H and O–H groups in total. The van der Waals surface area contributed by atoms with Gasteiger partial charge in [0.2, 0.25) is 0 Å². The first-order chi connectivity index (χ1) is 7.20. The van der Waals surface area contributed by atoms with E-state index in [1.54, 1.807) is 0 Å². The predicted octanol–water partition coefficient (Wildman–Crippen LogP) is 3.68. The highest BCUT2D eigenvalue weighted by atomic mass is 79.9. The largest absolute Gasteiger partial charge is 0.325 e. The van der Waals surface area contributed by atoms with Gasteiger partial charge in [0.25, 0.3) is 0 Å². The molecule has 1 aromatic heterocycles. The van der Waals surface area contributed by atoms with Crippen molar-refractivity contribution in [3.63, 3.8) is 0 Å². The van der Waals surface area contributed by atoms with Crippen molar-refractivity contribution >= 4 is 38.9 Å². The number of nitrogens with zero attached hydrogens (tertiary/aromatic N) is 1. The minimum Gasteiger partial charge on any atom is -0.325 e. The molecule has 0 atom stereocenters. The van der Waals surface area contributed by atoms with E-state index in [-0.39, 0.29) is 0 Å². The van der Waals surface area contributed by atoms with Gasteiger partial charge < -0.3 is 5.73 Å². The topological polar surface area (TPSA) is 38.9 Å². The molecule has 2 rings (SSSR count). The van der Waals surface area contributed by atoms with Crippen molar-refractivity contribution in [1.82, 2.24) is 4.98 Å². The van der Waals surface area contributed by atoms with Crippen molar-refractivity contribution in [2.75, 3.05) is 0 Å². The third kappa shape index (κ3) is 2.39. The summed E-state index contributed by atoms with van der Waals surface area (Å²) >= 11 is 10.8. The van der Waals surface area contributed by atoms with Gasteiger partial charge in [-0.3, -0.25) is 0 Å². The Hall–Kier alpha value is -0.420. The summed E-state index contributed by atoms with van der Waals surface area (Å²) in [7, 11) is 0. The summed E-state index contributed by atoms with van der Waals surface area (Å²) in [5.74, 6) is 0. The molecule has 1 aromatic carbocycles. The first-order valence-corrected chi connectivity index (χ1v) is 6.30. The Morgan fingerprint density at radius 3 is 2.53 bits per heavy atom. The number of hydrogen-bond acceptors (Lipinski definition) is 3. The third-order valence-corrected chi connectivity index (χ3v) is 3.85. The van der Waals surface area contributed by atoms with Crippen LogP contribution >= 0.6 is 38.9 Å². The number of aromatic nitrogens is 1. The zero-order valence-corrected chi connectivity index (χ0v) is 10.9. The molecule has 15 heavy (non-hydrogen) atoms. The molecule has 0 aliphatic heterocycles. The molecule has 2 nitrogen and oxygen atoms in total. The SMILES string of the molecule is NCc1nc(-c2ccc(Br)cc2)sc1Cl. The third-order valence-electron chi connectivity index (χ3n) is 1.93. The fraction of sp³-hybridized carbons (Fsp3) is 0.100. The van der Waals surface area contributed by atoms with Gasteiger partial charge in [0.05, 0.1) is 5.69 Å². The number of thiazole rings is 1. The molecule has 2 aromatic rings. The van der Waals surface area contributed by atoms with Crippen LogP contribution in [0, 0.1) is 0 Å². The van der Waals surface area contributed by atoms with Crippen LogP contribution in [0.2, 0.25) is 4.34 Å². The Kier molecular flexibility index (Phi) is 3.41. The van der Waals surface area contributed by atoms with E-state index in [2.05, 4.69) is 20.9 Å². The normalized spacial score (nSPS) is 10.6. The van der Waals surface area contributed by atoms with Gasteiger partial charge in [0.15, 0.2) is 0 Å². The Morgan fingerprint density at radius 1 is 1.33 bits per heavy atom. The monoisotopic (exact) mass is 302 g/mol. The molecule has 5 heteroatoms. The fourth-order valence-electron chi connectivity index (χ4n) is 1.17. The fourth-order valence-corrected chi connectivity index (χ4v) is 2.60. The highest BCUT2D eigenvalue weighted by molar-refractivity contribution is 9.10. The summed E-state index contributed by atoms with van der Waals surface area (Å²) in [6.45, 7) is 0.381. The Morgan fingerprint density at radius 2 is 2.00 bits per heavy atom. The minimum absolute atomic E-state index is 0.381. The van der Waals surface area contributed by atoms with Gasteiger partial charge in [0, 0.05) is 16.6 Å². The molecule has 0 spiro atoms. The van der Waals surface area contributed by atoms with Crippen LogP contribution in [-0.4, -0.2) is 4.98 Å². The van der Waals surface area contributed by atoms with Crippen LogP contribution in [0.1, 0.15) is 5.69 Å². The van der Waals surface area contributed by atoms with E-state index in [0.29, 0.717) is 10.9 Å². The van der Waals surface area contributed by atoms with Crippen LogP contribution in [0.25, 0.3) is 10.6 Å². The smallest absolute Gasteiger partial charge is 0.125 e. The van der Waals surface area contributed by atoms with Crippen molar-refractivity contribution in [2.45, 2.75) is 6.54 Å². The van der Waals surface area contributed by atoms with E-state index in [1.165, 1.54) is 11.3 Å². The second kappa shape index (κ2) is 4.61. The van der Waals surface area contributed by atoms with Crippen molar-refractivity contribution in [3.8, 4) is 10.6 Å². The molecule has 0 radical (unpaired) electrons. The lowest BCUT2D eigenvalue weighted by atomic mass is 10.2. The number of nitrogens with two attached hydrogens (primary N) is 1. The maximum absolute atomic E-state index is 5.99. The lowest BCUT2D eigenvalue weighted by Crippen LogP contribution is -1.96. The molecule has 0 bridgehead atoms. The van der Waals surface area contributed by atoms with Gasteiger partial charge in [-0.2, -0.15) is 0 Å². The van der Waals surface area contributed by atoms with Crippen LogP contribution in [0.3, 0.4) is 0 Å². The van der Waals surface area contributed by atoms with Crippen molar-refractivity contribution < 1.29 is 0 Å². The maximum atomic E-state index is 5.99. The van der Waals surface area contributed by atoms with E-state index >= 15 is 0 Å². The van der Waals surface area contributed by atoms with Crippen molar-refractivity contribution in [1.29, 1.82) is 0 Å². The lowest BCUT2D eigenvalue weighted by Gasteiger charge is -1.95. The van der Waals surface area contributed by atoms with Gasteiger partial charge in [-0.05, 0) is 12.1 Å². The number of rotatable bonds is 2. The molecule has 0 aliphatic carbocycles. The molecule has 0 fully saturated rings. The predicted molar refractivity (Wildman–Crippen MR) is 68.2 cm³/mol. The summed E-state index contributed by atoms with van der Waals surface area (Å²) < 4.78 is 1.73. The van der Waals surface area contributed by atoms with Crippen molar-refractivity contribution in [2.24, 2.45) is 5.73 Å². The first-order valence-electron chi connectivity index (χ1n) is 4.32. The molecule has 0 amide bonds. The number of halogens is 2. The summed E-state index contributed by atoms with van der Waals surface area (Å²) in [4.78, 5) is 4.37. The lowest BCUT2D eigenvalue weighted by molar-refractivity contribution is 1.01. The van der Waals surface area contributed by atoms with Gasteiger partial charge in [-0.1, -0.05) is 39.7 Å². The molecule has 0 unspecified atom stereocenters. The zero-order chi connectivity index (χ0) is 10.8. The zero-order valence-electron chi connectivity index (χ0n) is 7.71. The summed E-state index contributed by atoms with van der Waals surface area (Å²) in [5.41, 5.74) is 7.34. The molecule has 0 saturated heterocycles. The van der Waals surface area contributed by atoms with E-state index in [0.717, 1.165) is 20.7 Å². The quantitative estimate of drug-likeness (QED) is 0.919. The molecule has 0 aliphatic rings. The number of benzene rings is 1. The van der Waals surface area contributed by atoms with Crippen LogP contribution in [-0.2, 0) is 6.54 Å². The van der Waals surface area contributed by atoms with Gasteiger partial charge in [-0.15, -0.1) is 11.3 Å². The molecular formula is C10H8BrClN2S. The standard InChI is InChI=1S/C10H8BrClN2S/c11-7-3-1-6(2-4-7)10-14-8(5-13)9(12)15-10/h1-4H,5,13H2. The van der Waals surface area contributed by atoms with Gasteiger partial charge >= 0.3 is 0 Å². The van der Waals surface area contributed by atoms with Crippen molar-refractivity contribution in [3.05, 3.63) is 38.8 Å². The van der Waals surface area contributed by atoms with Gasteiger partial charge in [0.1, 0.15) is 9.34 Å². The van der Waals surface area contributed by atoms with E-state index in [9.17, 15) is 0 Å². The van der Waals surface area contributed by atoms with Crippen LogP contribution in [0.4, 0.5) is 0 Å². The Labute approximate surface area is 105 Å². The second-order valence-corrected chi connectivity index (χ2v) is 5.47. The molecule has 1 heterocycles. The first kappa shape index (κ1) is 11.1. The second-order valence-electron chi connectivity index (χ2n) is 2.95. The molecular weight excluding hydrogens is 296 g/mol. The number of hydrogen-bond donors (Lipinski definition) is 1. The minimum atomic E-state index is 0.381. The summed E-state index contributed by atoms with van der Waals surface area (Å²) in [6.07, 6.45) is 0. The average molecular weight is 304 g/mol. The average Bonchev–Trinajstić information content (AvgIpc) is 2.61. The van der Waals surface area contributed by atoms with Crippen LogP contribution in [0.15, 0.2) is 28.7 Å². The van der Waals surface area contributed by atoms with E-state index in [1.807, 2.05) is 24.3 Å². The highest BCUT2D eigenvalue weighted by Crippen LogP contribution is 2.31. The highest BCUT2D eigenvalue weighted by Gasteiger charge is 2.09. The Bertz CT molecular complexity index is 467. The maximum Gasteiger partial charge on any atom is 0.125 e. The summed E-state index contributed by atoms with van der Waals surface area (Å²) in [5, 5.41) is 0.910.